The number of aryl methyl sites for hydroxylation is 2. The number of para-hydroxylation sites is 4. The van der Waals surface area contributed by atoms with Crippen molar-refractivity contribution in [2.45, 2.75) is 273 Å². The molecule has 9 heterocycles. The van der Waals surface area contributed by atoms with Crippen LogP contribution in [-0.2, 0) is 25.8 Å². The number of ether oxygens (including phenoxy) is 1. The third-order valence-corrected chi connectivity index (χ3v) is 38.0. The van der Waals surface area contributed by atoms with Gasteiger partial charge < -0.3 is 44.8 Å². The normalized spacial score (nSPS) is 14.5. The van der Waals surface area contributed by atoms with Crippen molar-refractivity contribution in [1.82, 2.24) is 0 Å². The standard InChI is InChI=1S/C16H24N2.C16H19NO2S.C15H21NS.C14H12S2.C14H18S2.C13H17NS.C11H13NS.C10H12N2.C10H10S2/c1-11(2)15-17(6)13-9-8-12(16(3,4)5)10-14(13)18(15)7;1-11(2)15-17(9-10-19-16(18)12(3)4)13-7-5-6-8-14(13)20-15;1-10(2)14-16(6)12-9-11(15(3,4)5)7-8-13(12)17-14;1-9(2)14-15-12-8-7-10-5-3-4-6-11(10)13(12)16-14;1-9(2)13-15-11-7-6-10(14(3,4)5)8-12(11)16-13;1-8(2)13-14(5)12-10(4)6-9(3)7-11(12)15-13;1-8(2)11-12(3)9-6-4-5-7-10(9)13-11;2*1-7(2)10-11-8-5-3-4-6-9(8)12-10/h8-10H,1-7H3;5-8H,3,9-10H2,1-2,4H3;7-9H,1-6H3;3-8H,1-2H3;6-8H,1-5H3;6-7H,1-5H3;4-7H,1-3H3;3-6,11-12H,1-2H3;3-6H,1-2H3. The number of rotatable bonds is 4. The summed E-state index contributed by atoms with van der Waals surface area (Å²) in [6.45, 7) is 69.8. The van der Waals surface area contributed by atoms with Crippen LogP contribution in [0.25, 0.3) is 10.8 Å². The molecule has 734 valence electrons. The van der Waals surface area contributed by atoms with Crippen molar-refractivity contribution in [2.24, 2.45) is 0 Å². The van der Waals surface area contributed by atoms with Crippen LogP contribution < -0.4 is 40.0 Å². The Balaban J connectivity index is 0.000000150. The maximum Gasteiger partial charge on any atom is 0.333 e. The third kappa shape index (κ3) is 27.8. The maximum absolute atomic E-state index is 11.4. The average Bonchev–Trinajstić information content (AvgIpc) is 1.62. The fourth-order valence-electron chi connectivity index (χ4n) is 16.1. The Morgan fingerprint density at radius 2 is 0.727 bits per heavy atom. The lowest BCUT2D eigenvalue weighted by atomic mass is 9.86. The number of fused-ring (bicyclic) bond motifs is 11. The highest BCUT2D eigenvalue weighted by molar-refractivity contribution is 8.25. The van der Waals surface area contributed by atoms with Crippen molar-refractivity contribution < 1.29 is 9.53 Å². The minimum Gasteiger partial charge on any atom is -0.460 e. The second-order valence-corrected chi connectivity index (χ2v) is 51.9. The Hall–Kier alpha value is -8.77. The van der Waals surface area contributed by atoms with E-state index in [1.165, 1.54) is 210 Å². The molecule has 0 unspecified atom stereocenters. The van der Waals surface area contributed by atoms with Gasteiger partial charge in [-0.3, -0.25) is 0 Å². The SMILES string of the molecule is C=C(C)C(=O)OCCN1C(=C(C)C)Sc2ccccc21.CC(C)=C1N(C)c2ccc(C(C)(C)C)cc2N1C.CC(C)=C1Nc2ccccc2N1.CC(C)=C1Sc2cc(C)cc(C)c2N1C.CC(C)=C1Sc2ccc(C(C)(C)C)cc2N1C.CC(C)=C1Sc2ccc(C(C)(C)C)cc2S1.CC(C)=C1Sc2ccc3ccccc3c2S1.CC(C)=C1Sc2ccccc2N1C.CC(C)=C1Sc2ccccc2S1. The van der Waals surface area contributed by atoms with E-state index < -0.39 is 0 Å². The number of nitrogens with one attached hydrogen (secondary N) is 2. The molecule has 0 spiro atoms. The van der Waals surface area contributed by atoms with Gasteiger partial charge in [0.05, 0.1) is 72.2 Å². The molecule has 19 rings (SSSR count). The van der Waals surface area contributed by atoms with Gasteiger partial charge in [0.1, 0.15) is 18.2 Å². The number of carbonyl (C=O) groups is 1. The molecule has 9 aliphatic heterocycles. The first-order valence-corrected chi connectivity index (χ1v) is 55.7. The van der Waals surface area contributed by atoms with Gasteiger partial charge in [-0.1, -0.05) is 306 Å². The highest BCUT2D eigenvalue weighted by Gasteiger charge is 2.33. The van der Waals surface area contributed by atoms with Crippen molar-refractivity contribution in [3.8, 4) is 0 Å². The molecule has 0 saturated carbocycles. The number of allylic oxidation sites excluding steroid dienone is 9. The zero-order chi connectivity index (χ0) is 102. The molecule has 20 heteroatoms. The molecule has 2 N–H and O–H groups in total. The van der Waals surface area contributed by atoms with Crippen LogP contribution in [0.3, 0.4) is 0 Å². The Kier molecular flexibility index (Phi) is 38.3. The van der Waals surface area contributed by atoms with Gasteiger partial charge in [0, 0.05) is 102 Å². The lowest BCUT2D eigenvalue weighted by Crippen LogP contribution is -2.25. The van der Waals surface area contributed by atoms with Crippen LogP contribution in [0.5, 0.6) is 0 Å². The summed E-state index contributed by atoms with van der Waals surface area (Å²) in [7, 11) is 10.7. The number of hydrogen-bond donors (Lipinski definition) is 2. The number of carbonyl (C=O) groups excluding carboxylic acids is 1. The molecular formula is C119H146N8O2S10. The molecule has 0 aromatic heterocycles. The van der Waals surface area contributed by atoms with Crippen LogP contribution in [0.4, 0.5) is 45.5 Å². The molecule has 0 radical (unpaired) electrons. The molecule has 10 aromatic rings. The highest BCUT2D eigenvalue weighted by atomic mass is 32.2. The summed E-state index contributed by atoms with van der Waals surface area (Å²) in [6.07, 6.45) is 0. The number of hydrogen-bond acceptors (Lipinski definition) is 20. The van der Waals surface area contributed by atoms with Gasteiger partial charge in [0.15, 0.2) is 0 Å². The Labute approximate surface area is 877 Å². The largest absolute Gasteiger partial charge is 0.460 e. The molecule has 0 bridgehead atoms. The summed E-state index contributed by atoms with van der Waals surface area (Å²) in [4.78, 5) is 38.9. The van der Waals surface area contributed by atoms with E-state index in [0.29, 0.717) is 18.7 Å². The first-order valence-electron chi connectivity index (χ1n) is 47.5. The van der Waals surface area contributed by atoms with E-state index >= 15 is 0 Å². The van der Waals surface area contributed by atoms with E-state index in [4.69, 9.17) is 4.74 Å². The molecule has 139 heavy (non-hydrogen) atoms. The second kappa shape index (κ2) is 48.1. The molecule has 10 aromatic carbocycles. The van der Waals surface area contributed by atoms with E-state index in [1.807, 2.05) is 130 Å². The van der Waals surface area contributed by atoms with Crippen LogP contribution in [-0.4, -0.2) is 54.4 Å². The van der Waals surface area contributed by atoms with Gasteiger partial charge in [-0.2, -0.15) is 0 Å². The monoisotopic (exact) mass is 2040 g/mol. The summed E-state index contributed by atoms with van der Waals surface area (Å²) in [6, 6.07) is 71.7. The summed E-state index contributed by atoms with van der Waals surface area (Å²) < 4.78 is 9.52. The molecule has 0 amide bonds. The quantitative estimate of drug-likeness (QED) is 0.130. The van der Waals surface area contributed by atoms with Gasteiger partial charge in [0.2, 0.25) is 0 Å². The minimum atomic E-state index is -0.330. The van der Waals surface area contributed by atoms with Crippen molar-refractivity contribution >= 4 is 180 Å². The summed E-state index contributed by atoms with van der Waals surface area (Å²) >= 11 is 18.8. The number of anilines is 8. The molecule has 10 nitrogen and oxygen atoms in total. The van der Waals surface area contributed by atoms with E-state index in [0.717, 1.165) is 17.2 Å². The predicted octanol–water partition coefficient (Wildman–Crippen LogP) is 38.1. The van der Waals surface area contributed by atoms with Crippen molar-refractivity contribution in [3.05, 3.63) is 335 Å². The average molecular weight is 2040 g/mol. The van der Waals surface area contributed by atoms with Crippen LogP contribution in [0, 0.1) is 13.8 Å². The Morgan fingerprint density at radius 3 is 1.23 bits per heavy atom. The Bertz CT molecular complexity index is 6440. The van der Waals surface area contributed by atoms with Gasteiger partial charge in [-0.25, -0.2) is 4.79 Å². The van der Waals surface area contributed by atoms with Gasteiger partial charge in [-0.15, -0.1) is 0 Å². The Morgan fingerprint density at radius 1 is 0.331 bits per heavy atom. The van der Waals surface area contributed by atoms with Crippen LogP contribution >= 0.6 is 118 Å². The molecule has 0 aliphatic carbocycles. The summed E-state index contributed by atoms with van der Waals surface area (Å²) in [5, 5.41) is 14.6. The van der Waals surface area contributed by atoms with Crippen molar-refractivity contribution in [1.29, 1.82) is 0 Å². The van der Waals surface area contributed by atoms with Gasteiger partial charge in [0.25, 0.3) is 0 Å². The number of nitrogens with zero attached hydrogens (tertiary/aromatic N) is 6. The molecular weight excluding hydrogens is 1890 g/mol. The number of thioether (sulfide) groups is 10. The van der Waals surface area contributed by atoms with Crippen LogP contribution in [0.2, 0.25) is 0 Å². The fraction of sp³-hybridized carbons (Fsp3) is 0.336. The van der Waals surface area contributed by atoms with E-state index in [2.05, 4.69) is 459 Å². The lowest BCUT2D eigenvalue weighted by Gasteiger charge is -2.21. The smallest absolute Gasteiger partial charge is 0.333 e. The minimum absolute atomic E-state index is 0.197. The topological polar surface area (TPSA) is 69.8 Å². The lowest BCUT2D eigenvalue weighted by molar-refractivity contribution is -0.138. The summed E-state index contributed by atoms with van der Waals surface area (Å²) in [5.41, 5.74) is 30.4. The van der Waals surface area contributed by atoms with E-state index in [9.17, 15) is 4.79 Å². The zero-order valence-corrected chi connectivity index (χ0v) is 96.9. The third-order valence-electron chi connectivity index (χ3n) is 23.4. The molecule has 0 atom stereocenters. The summed E-state index contributed by atoms with van der Waals surface area (Å²) in [5.74, 6) is 2.07. The maximum atomic E-state index is 11.4. The molecule has 0 fully saturated rings. The predicted molar refractivity (Wildman–Crippen MR) is 627 cm³/mol. The molecule has 9 aliphatic rings. The number of benzene rings is 10. The fourth-order valence-corrected chi connectivity index (χ4v) is 28.0. The van der Waals surface area contributed by atoms with Crippen molar-refractivity contribution in [3.63, 3.8) is 0 Å². The van der Waals surface area contributed by atoms with E-state index in [-0.39, 0.29) is 22.2 Å². The highest BCUT2D eigenvalue weighted by Crippen LogP contribution is 2.58. The first kappa shape index (κ1) is 111. The first-order chi connectivity index (χ1) is 65.4. The zero-order valence-electron chi connectivity index (χ0n) is 88.8. The van der Waals surface area contributed by atoms with Crippen LogP contribution in [0.1, 0.15) is 222 Å². The van der Waals surface area contributed by atoms with Gasteiger partial charge in [-0.05, 0) is 331 Å². The van der Waals surface area contributed by atoms with Crippen LogP contribution in [0.15, 0.2) is 356 Å². The number of esters is 1. The molecule has 0 saturated heterocycles. The van der Waals surface area contributed by atoms with Crippen molar-refractivity contribution in [2.75, 3.05) is 88.4 Å². The van der Waals surface area contributed by atoms with E-state index in [1.54, 1.807) is 18.7 Å². The second-order valence-electron chi connectivity index (χ2n) is 40.7. The van der Waals surface area contributed by atoms with Gasteiger partial charge >= 0.3 is 5.97 Å².